The number of fused-ring (bicyclic) bond motifs is 1. The molecule has 0 aliphatic carbocycles. The zero-order valence-electron chi connectivity index (χ0n) is 15.2. The number of ether oxygens (including phenoxy) is 2. The number of nitrogens with one attached hydrogen (secondary N) is 2. The number of hydrogen-bond acceptors (Lipinski definition) is 5. The van der Waals surface area contributed by atoms with Gasteiger partial charge in [-0.25, -0.2) is 8.78 Å². The van der Waals surface area contributed by atoms with Crippen molar-refractivity contribution in [1.82, 2.24) is 0 Å². The van der Waals surface area contributed by atoms with Crippen molar-refractivity contribution in [1.29, 1.82) is 0 Å². The van der Waals surface area contributed by atoms with Crippen LogP contribution in [0.25, 0.3) is 5.57 Å². The van der Waals surface area contributed by atoms with E-state index in [0.717, 1.165) is 0 Å². The fourth-order valence-electron chi connectivity index (χ4n) is 3.24. The molecule has 6 nitrogen and oxygen atoms in total. The van der Waals surface area contributed by atoms with Gasteiger partial charge in [0.2, 0.25) is 0 Å². The van der Waals surface area contributed by atoms with Crippen LogP contribution in [-0.4, -0.2) is 39.0 Å². The van der Waals surface area contributed by atoms with Crippen LogP contribution in [0.1, 0.15) is 5.56 Å². The summed E-state index contributed by atoms with van der Waals surface area (Å²) in [4.78, 5) is 13.8. The highest BCUT2D eigenvalue weighted by Crippen LogP contribution is 2.33. The molecule has 4 rings (SSSR count). The molecule has 2 heterocycles. The van der Waals surface area contributed by atoms with Crippen LogP contribution in [0.4, 0.5) is 25.8 Å². The molecule has 28 heavy (non-hydrogen) atoms. The van der Waals surface area contributed by atoms with Crippen LogP contribution in [-0.2, 0) is 14.3 Å². The van der Waals surface area contributed by atoms with E-state index in [1.807, 2.05) is 0 Å². The lowest BCUT2D eigenvalue weighted by Gasteiger charge is -2.23. The number of anilines is 3. The summed E-state index contributed by atoms with van der Waals surface area (Å²) >= 11 is 0. The van der Waals surface area contributed by atoms with E-state index in [4.69, 9.17) is 9.47 Å². The SMILES string of the molecule is CN(CC1OCCO1)c1ccc(N/C=C2/C(=O)Nc3cccc(F)c32)cc1F. The second-order valence-electron chi connectivity index (χ2n) is 6.54. The average Bonchev–Trinajstić information content (AvgIpc) is 3.27. The van der Waals surface area contributed by atoms with Gasteiger partial charge in [-0.05, 0) is 30.3 Å². The van der Waals surface area contributed by atoms with E-state index >= 15 is 0 Å². The molecule has 1 fully saturated rings. The van der Waals surface area contributed by atoms with E-state index in [2.05, 4.69) is 10.6 Å². The molecule has 0 spiro atoms. The normalized spacial score (nSPS) is 17.7. The number of halogens is 2. The number of benzene rings is 2. The van der Waals surface area contributed by atoms with E-state index in [9.17, 15) is 13.6 Å². The van der Waals surface area contributed by atoms with Gasteiger partial charge in [-0.3, -0.25) is 4.79 Å². The molecule has 1 amide bonds. The Labute approximate surface area is 160 Å². The van der Waals surface area contributed by atoms with Gasteiger partial charge in [0.25, 0.3) is 5.91 Å². The highest BCUT2D eigenvalue weighted by Gasteiger charge is 2.27. The average molecular weight is 387 g/mol. The minimum atomic E-state index is -0.497. The molecular weight excluding hydrogens is 368 g/mol. The molecular formula is C20H19F2N3O3. The summed E-state index contributed by atoms with van der Waals surface area (Å²) in [5.74, 6) is -1.35. The second kappa shape index (κ2) is 7.57. The Bertz CT molecular complexity index is 942. The number of carbonyl (C=O) groups is 1. The van der Waals surface area contributed by atoms with E-state index in [-0.39, 0.29) is 17.4 Å². The van der Waals surface area contributed by atoms with Gasteiger partial charge in [0.15, 0.2) is 6.29 Å². The van der Waals surface area contributed by atoms with Crippen molar-refractivity contribution in [3.8, 4) is 0 Å². The van der Waals surface area contributed by atoms with Crippen molar-refractivity contribution in [2.75, 3.05) is 42.3 Å². The Morgan fingerprint density at radius 2 is 2.00 bits per heavy atom. The van der Waals surface area contributed by atoms with Crippen LogP contribution in [0.5, 0.6) is 0 Å². The van der Waals surface area contributed by atoms with Gasteiger partial charge < -0.3 is 25.0 Å². The molecule has 0 unspecified atom stereocenters. The quantitative estimate of drug-likeness (QED) is 0.772. The second-order valence-corrected chi connectivity index (χ2v) is 6.54. The predicted molar refractivity (Wildman–Crippen MR) is 102 cm³/mol. The largest absolute Gasteiger partial charge is 0.367 e. The zero-order valence-corrected chi connectivity index (χ0v) is 15.2. The number of nitrogens with zero attached hydrogens (tertiary/aromatic N) is 1. The summed E-state index contributed by atoms with van der Waals surface area (Å²) in [6.07, 6.45) is 1.01. The Morgan fingerprint density at radius 1 is 1.21 bits per heavy atom. The zero-order chi connectivity index (χ0) is 19.7. The van der Waals surface area contributed by atoms with Crippen molar-refractivity contribution in [2.45, 2.75) is 6.29 Å². The Balaban J connectivity index is 1.50. The number of likely N-dealkylation sites (N-methyl/N-ethyl adjacent to an activating group) is 1. The van der Waals surface area contributed by atoms with Crippen LogP contribution in [0.2, 0.25) is 0 Å². The van der Waals surface area contributed by atoms with Gasteiger partial charge in [-0.1, -0.05) is 6.07 Å². The fourth-order valence-corrected chi connectivity index (χ4v) is 3.24. The van der Waals surface area contributed by atoms with Crippen LogP contribution in [0.3, 0.4) is 0 Å². The van der Waals surface area contributed by atoms with Crippen molar-refractivity contribution in [3.63, 3.8) is 0 Å². The summed E-state index contributed by atoms with van der Waals surface area (Å²) in [5.41, 5.74) is 1.61. The smallest absolute Gasteiger partial charge is 0.257 e. The predicted octanol–water partition coefficient (Wildman–Crippen LogP) is 3.18. The molecule has 0 aromatic heterocycles. The third kappa shape index (κ3) is 3.56. The van der Waals surface area contributed by atoms with E-state index in [1.54, 1.807) is 30.1 Å². The number of amides is 1. The summed E-state index contributed by atoms with van der Waals surface area (Å²) in [6, 6.07) is 9.05. The van der Waals surface area contributed by atoms with Gasteiger partial charge in [0, 0.05) is 24.5 Å². The molecule has 146 valence electrons. The first-order valence-electron chi connectivity index (χ1n) is 8.84. The van der Waals surface area contributed by atoms with Gasteiger partial charge in [0.1, 0.15) is 11.6 Å². The van der Waals surface area contributed by atoms with Gasteiger partial charge in [-0.15, -0.1) is 0 Å². The van der Waals surface area contributed by atoms with Crippen LogP contribution < -0.4 is 15.5 Å². The van der Waals surface area contributed by atoms with E-state index < -0.39 is 17.5 Å². The molecule has 2 aromatic carbocycles. The number of rotatable bonds is 5. The van der Waals surface area contributed by atoms with Gasteiger partial charge in [0.05, 0.1) is 36.7 Å². The van der Waals surface area contributed by atoms with Gasteiger partial charge >= 0.3 is 0 Å². The molecule has 0 saturated carbocycles. The summed E-state index contributed by atoms with van der Waals surface area (Å²) in [7, 11) is 1.75. The number of carbonyl (C=O) groups excluding carboxylic acids is 1. The standard InChI is InChI=1S/C20H19F2N3O3/c1-25(11-18-27-7-8-28-18)17-6-5-12(9-15(17)22)23-10-13-19-14(21)3-2-4-16(19)24-20(13)26/h2-6,9-10,18,23H,7-8,11H2,1H3,(H,24,26)/b13-10+. The maximum atomic E-state index is 14.5. The maximum Gasteiger partial charge on any atom is 0.257 e. The van der Waals surface area contributed by atoms with Gasteiger partial charge in [-0.2, -0.15) is 0 Å². The van der Waals surface area contributed by atoms with Crippen LogP contribution >= 0.6 is 0 Å². The summed E-state index contributed by atoms with van der Waals surface area (Å²) < 4.78 is 39.4. The molecule has 0 atom stereocenters. The molecule has 1 saturated heterocycles. The maximum absolute atomic E-state index is 14.5. The lowest BCUT2D eigenvalue weighted by atomic mass is 10.1. The minimum absolute atomic E-state index is 0.158. The van der Waals surface area contributed by atoms with Crippen molar-refractivity contribution >= 4 is 28.5 Å². The topological polar surface area (TPSA) is 62.8 Å². The monoisotopic (exact) mass is 387 g/mol. The Hall–Kier alpha value is -2.97. The third-order valence-corrected chi connectivity index (χ3v) is 4.63. The molecule has 2 N–H and O–H groups in total. The highest BCUT2D eigenvalue weighted by atomic mass is 19.1. The van der Waals surface area contributed by atoms with Crippen molar-refractivity contribution < 1.29 is 23.0 Å². The third-order valence-electron chi connectivity index (χ3n) is 4.63. The van der Waals surface area contributed by atoms with E-state index in [1.165, 1.54) is 24.4 Å². The van der Waals surface area contributed by atoms with Crippen LogP contribution in [0, 0.1) is 11.6 Å². The van der Waals surface area contributed by atoms with Crippen LogP contribution in [0.15, 0.2) is 42.6 Å². The summed E-state index contributed by atoms with van der Waals surface area (Å²) in [5, 5.41) is 5.47. The Kier molecular flexibility index (Phi) is 4.97. The number of hydrogen-bond donors (Lipinski definition) is 2. The first kappa shape index (κ1) is 18.4. The molecule has 8 heteroatoms. The first-order chi connectivity index (χ1) is 13.5. The van der Waals surface area contributed by atoms with Crippen molar-refractivity contribution in [2.24, 2.45) is 0 Å². The molecule has 2 aromatic rings. The minimum Gasteiger partial charge on any atom is -0.367 e. The van der Waals surface area contributed by atoms with Crippen molar-refractivity contribution in [3.05, 3.63) is 59.8 Å². The molecule has 0 radical (unpaired) electrons. The summed E-state index contributed by atoms with van der Waals surface area (Å²) in [6.45, 7) is 1.48. The lowest BCUT2D eigenvalue weighted by Crippen LogP contribution is -2.30. The van der Waals surface area contributed by atoms with E-state index in [0.29, 0.717) is 36.8 Å². The molecule has 0 bridgehead atoms. The first-order valence-corrected chi connectivity index (χ1v) is 8.84. The molecule has 2 aliphatic heterocycles. The lowest BCUT2D eigenvalue weighted by molar-refractivity contribution is -0.110. The molecule has 2 aliphatic rings. The highest BCUT2D eigenvalue weighted by molar-refractivity contribution is 6.31. The fraction of sp³-hybridized carbons (Fsp3) is 0.250. The Morgan fingerprint density at radius 3 is 2.75 bits per heavy atom.